The average Bonchev–Trinajstić information content (AvgIpc) is 3.16. The molecule has 252 valence electrons. The first kappa shape index (κ1) is 39.5. The van der Waals surface area contributed by atoms with Gasteiger partial charge >= 0.3 is 17.9 Å². The fourth-order valence-corrected chi connectivity index (χ4v) is 5.55. The molecule has 44 heavy (non-hydrogen) atoms. The van der Waals surface area contributed by atoms with E-state index in [4.69, 9.17) is 23.7 Å². The van der Waals surface area contributed by atoms with E-state index in [0.29, 0.717) is 6.79 Å². The fourth-order valence-electron chi connectivity index (χ4n) is 4.79. The number of carbonyl (C=O) groups excluding carboxylic acids is 4. The van der Waals surface area contributed by atoms with E-state index in [1.165, 1.54) is 40.0 Å². The number of cyclic esters (lactones) is 1. The molecule has 1 saturated heterocycles. The van der Waals surface area contributed by atoms with Crippen LogP contribution in [0.25, 0.3) is 0 Å². The first-order valence-electron chi connectivity index (χ1n) is 16.1. The second-order valence-corrected chi connectivity index (χ2v) is 18.3. The van der Waals surface area contributed by atoms with Crippen LogP contribution in [-0.2, 0) is 42.9 Å². The molecule has 0 bridgehead atoms. The van der Waals surface area contributed by atoms with Crippen LogP contribution >= 0.6 is 0 Å². The number of hydrogen-bond donors (Lipinski definition) is 1. The van der Waals surface area contributed by atoms with E-state index >= 15 is 0 Å². The summed E-state index contributed by atoms with van der Waals surface area (Å²) in [6.45, 7) is 13.5. The second kappa shape index (κ2) is 21.3. The molecule has 1 aliphatic heterocycles. The van der Waals surface area contributed by atoms with Gasteiger partial charge in [-0.2, -0.15) is 0 Å². The molecule has 10 nitrogen and oxygen atoms in total. The molecule has 1 amide bonds. The molecule has 1 fully saturated rings. The average molecular weight is 640 g/mol. The van der Waals surface area contributed by atoms with E-state index < -0.39 is 56.2 Å². The Morgan fingerprint density at radius 1 is 0.977 bits per heavy atom. The Labute approximate surface area is 265 Å². The summed E-state index contributed by atoms with van der Waals surface area (Å²) in [5.74, 6) is -2.64. The molecular weight excluding hydrogens is 582 g/mol. The number of hydrogen-bond acceptors (Lipinski definition) is 9. The van der Waals surface area contributed by atoms with Crippen LogP contribution in [0.4, 0.5) is 0 Å². The molecule has 0 aromatic heterocycles. The number of rotatable bonds is 23. The van der Waals surface area contributed by atoms with Crippen molar-refractivity contribution in [2.75, 3.05) is 20.0 Å². The Morgan fingerprint density at radius 3 is 2.30 bits per heavy atom. The summed E-state index contributed by atoms with van der Waals surface area (Å²) in [6.07, 6.45) is 16.2. The zero-order valence-corrected chi connectivity index (χ0v) is 29.1. The van der Waals surface area contributed by atoms with Gasteiger partial charge < -0.3 is 29.0 Å². The van der Waals surface area contributed by atoms with E-state index in [2.05, 4.69) is 44.0 Å². The van der Waals surface area contributed by atoms with Crippen molar-refractivity contribution >= 4 is 31.9 Å². The number of esters is 3. The molecule has 11 heteroatoms. The Kier molecular flexibility index (Phi) is 19.1. The largest absolute Gasteiger partial charge is 0.463 e. The molecule has 0 radical (unpaired) electrons. The third-order valence-electron chi connectivity index (χ3n) is 7.22. The van der Waals surface area contributed by atoms with Crippen molar-refractivity contribution in [1.29, 1.82) is 0 Å². The van der Waals surface area contributed by atoms with Crippen LogP contribution in [0.1, 0.15) is 91.9 Å². The van der Waals surface area contributed by atoms with Crippen LogP contribution in [0.3, 0.4) is 0 Å². The van der Waals surface area contributed by atoms with Gasteiger partial charge in [-0.25, -0.2) is 4.79 Å². The lowest BCUT2D eigenvalue weighted by Gasteiger charge is -2.31. The highest BCUT2D eigenvalue weighted by Crippen LogP contribution is 2.32. The zero-order chi connectivity index (χ0) is 33.0. The molecule has 0 unspecified atom stereocenters. The highest BCUT2D eigenvalue weighted by atomic mass is 28.3. The van der Waals surface area contributed by atoms with Gasteiger partial charge in [0.15, 0.2) is 6.10 Å². The maximum atomic E-state index is 12.9. The number of allylic oxidation sites excluding steroid dienone is 2. The van der Waals surface area contributed by atoms with Crippen molar-refractivity contribution in [1.82, 2.24) is 5.32 Å². The monoisotopic (exact) mass is 639 g/mol. The molecule has 0 spiro atoms. The Balaban J connectivity index is 2.57. The fraction of sp³-hybridized carbons (Fsp3) is 0.758. The maximum absolute atomic E-state index is 12.9. The molecule has 1 heterocycles. The zero-order valence-electron chi connectivity index (χ0n) is 28.1. The van der Waals surface area contributed by atoms with Gasteiger partial charge in [-0.15, -0.1) is 0 Å². The summed E-state index contributed by atoms with van der Waals surface area (Å²) in [6, 6.07) is 1.13. The van der Waals surface area contributed by atoms with Crippen molar-refractivity contribution in [2.45, 2.75) is 141 Å². The minimum absolute atomic E-state index is 0.0726. The standard InChI is InChI=1S/C33H57NO9Si/c1-8-9-10-16-19-29(41-25-39-22-23-44(5,6)7)20-17-14-12-11-13-15-18-21-30-31(42-28(4)37)33(32(38)43-30,34-26(2)35)24-40-27(3)36/h15,17-18,20,29-31H,8-14,16,19,21-25H2,1-7H3,(H,34,35)/b18-15+,20-17+/t29-,30-,31+,33+/m1/s1. The number of unbranched alkanes of at least 4 members (excludes halogenated alkanes) is 6. The molecule has 0 aromatic rings. The third-order valence-corrected chi connectivity index (χ3v) is 8.93. The van der Waals surface area contributed by atoms with E-state index in [1.54, 1.807) is 0 Å². The van der Waals surface area contributed by atoms with Gasteiger partial charge in [-0.1, -0.05) is 76.6 Å². The second-order valence-electron chi connectivity index (χ2n) is 12.7. The van der Waals surface area contributed by atoms with E-state index in [9.17, 15) is 19.2 Å². The summed E-state index contributed by atoms with van der Waals surface area (Å²) in [5, 5.41) is 2.51. The van der Waals surface area contributed by atoms with Crippen molar-refractivity contribution in [3.8, 4) is 0 Å². The van der Waals surface area contributed by atoms with Gasteiger partial charge in [-0.3, -0.25) is 14.4 Å². The summed E-state index contributed by atoms with van der Waals surface area (Å²) >= 11 is 0. The van der Waals surface area contributed by atoms with Gasteiger partial charge in [0.2, 0.25) is 11.4 Å². The number of ether oxygens (including phenoxy) is 5. The first-order valence-corrected chi connectivity index (χ1v) is 19.8. The highest BCUT2D eigenvalue weighted by Gasteiger charge is 2.61. The Morgan fingerprint density at radius 2 is 1.68 bits per heavy atom. The van der Waals surface area contributed by atoms with Crippen LogP contribution in [0.5, 0.6) is 0 Å². The van der Waals surface area contributed by atoms with Crippen molar-refractivity contribution < 1.29 is 42.9 Å². The van der Waals surface area contributed by atoms with Gasteiger partial charge in [-0.05, 0) is 38.1 Å². The lowest BCUT2D eigenvalue weighted by molar-refractivity contribution is -0.159. The van der Waals surface area contributed by atoms with Gasteiger partial charge in [0.25, 0.3) is 0 Å². The lowest BCUT2D eigenvalue weighted by atomic mass is 9.90. The van der Waals surface area contributed by atoms with Crippen LogP contribution in [0, 0.1) is 0 Å². The summed E-state index contributed by atoms with van der Waals surface area (Å²) in [5.41, 5.74) is -1.80. The van der Waals surface area contributed by atoms with Crippen LogP contribution in [0.2, 0.25) is 25.7 Å². The Hall–Kier alpha value is -2.50. The quantitative estimate of drug-likeness (QED) is 0.0357. The normalized spacial score (nSPS) is 21.0. The lowest BCUT2D eigenvalue weighted by Crippen LogP contribution is -2.63. The van der Waals surface area contributed by atoms with E-state index in [1.807, 2.05) is 12.2 Å². The molecule has 1 N–H and O–H groups in total. The molecule has 1 aliphatic rings. The van der Waals surface area contributed by atoms with Crippen molar-refractivity contribution in [2.24, 2.45) is 0 Å². The topological polar surface area (TPSA) is 126 Å². The summed E-state index contributed by atoms with van der Waals surface area (Å²) < 4.78 is 27.8. The smallest absolute Gasteiger partial charge is 0.340 e. The first-order chi connectivity index (χ1) is 20.8. The predicted molar refractivity (Wildman–Crippen MR) is 173 cm³/mol. The summed E-state index contributed by atoms with van der Waals surface area (Å²) in [7, 11) is -1.11. The van der Waals surface area contributed by atoms with Crippen molar-refractivity contribution in [3.05, 3.63) is 24.3 Å². The van der Waals surface area contributed by atoms with Crippen LogP contribution in [-0.4, -0.2) is 75.7 Å². The molecule has 0 saturated carbocycles. The van der Waals surface area contributed by atoms with Gasteiger partial charge in [0, 0.05) is 41.9 Å². The van der Waals surface area contributed by atoms with Gasteiger partial charge in [0.1, 0.15) is 19.5 Å². The van der Waals surface area contributed by atoms with Crippen molar-refractivity contribution in [3.63, 3.8) is 0 Å². The molecule has 4 atom stereocenters. The third kappa shape index (κ3) is 16.5. The van der Waals surface area contributed by atoms with E-state index in [-0.39, 0.29) is 12.5 Å². The maximum Gasteiger partial charge on any atom is 0.340 e. The van der Waals surface area contributed by atoms with Gasteiger partial charge in [0.05, 0.1) is 6.10 Å². The number of carbonyl (C=O) groups is 4. The molecular formula is C33H57NO9Si. The number of amides is 1. The van der Waals surface area contributed by atoms with Crippen LogP contribution in [0.15, 0.2) is 24.3 Å². The molecule has 0 aliphatic carbocycles. The SMILES string of the molecule is CCCCCC[C@H](/C=C/CCCC/C=C/C[C@H]1OC(=O)[C@@](COC(C)=O)(NC(C)=O)[C@H]1OC(C)=O)OCOCC[Si](C)(C)C. The minimum Gasteiger partial charge on any atom is -0.463 e. The van der Waals surface area contributed by atoms with Crippen LogP contribution < -0.4 is 5.32 Å². The Bertz CT molecular complexity index is 946. The molecule has 1 rings (SSSR count). The summed E-state index contributed by atoms with van der Waals surface area (Å²) in [4.78, 5) is 48.1. The minimum atomic E-state index is -1.80. The predicted octanol–water partition coefficient (Wildman–Crippen LogP) is 6.01. The number of nitrogens with one attached hydrogen (secondary N) is 1. The van der Waals surface area contributed by atoms with E-state index in [0.717, 1.165) is 51.2 Å². The molecule has 0 aromatic carbocycles. The highest BCUT2D eigenvalue weighted by molar-refractivity contribution is 6.76.